The summed E-state index contributed by atoms with van der Waals surface area (Å²) in [6, 6.07) is 0. The minimum Gasteiger partial charge on any atom is -0.462 e. The van der Waals surface area contributed by atoms with E-state index >= 15 is 0 Å². The summed E-state index contributed by atoms with van der Waals surface area (Å²) in [6.45, 7) is 7.75. The Kier molecular flexibility index (Phi) is 53.3. The van der Waals surface area contributed by atoms with E-state index in [-0.39, 0.29) is 25.2 Å². The summed E-state index contributed by atoms with van der Waals surface area (Å²) in [5.41, 5.74) is 0. The minimum absolute atomic E-state index is 0.0776. The first-order chi connectivity index (χ1) is 31.6. The van der Waals surface area contributed by atoms with E-state index in [9.17, 15) is 9.59 Å². The zero-order chi connectivity index (χ0) is 46.3. The molecule has 0 aliphatic heterocycles. The third-order valence-electron chi connectivity index (χ3n) is 12.4. The van der Waals surface area contributed by atoms with E-state index in [0.717, 1.165) is 77.0 Å². The third kappa shape index (κ3) is 52.5. The maximum Gasteiger partial charge on any atom is 0.306 e. The van der Waals surface area contributed by atoms with Gasteiger partial charge in [-0.15, -0.1) is 0 Å². The fourth-order valence-corrected chi connectivity index (χ4v) is 8.21. The third-order valence-corrected chi connectivity index (χ3v) is 12.4. The highest BCUT2D eigenvalue weighted by Crippen LogP contribution is 2.16. The first-order valence-electron chi connectivity index (χ1n) is 28.2. The molecule has 374 valence electrons. The van der Waals surface area contributed by atoms with Crippen LogP contribution >= 0.6 is 0 Å². The fraction of sp³-hybridized carbons (Fsp3) is 0.831. The zero-order valence-corrected chi connectivity index (χ0v) is 43.1. The van der Waals surface area contributed by atoms with Crippen molar-refractivity contribution in [2.75, 3.05) is 19.8 Å². The van der Waals surface area contributed by atoms with Crippen LogP contribution in [-0.2, 0) is 23.8 Å². The number of ether oxygens (including phenoxy) is 3. The van der Waals surface area contributed by atoms with Crippen molar-refractivity contribution < 1.29 is 23.8 Å². The molecule has 0 saturated carbocycles. The van der Waals surface area contributed by atoms with E-state index in [1.54, 1.807) is 0 Å². The predicted molar refractivity (Wildman–Crippen MR) is 279 cm³/mol. The van der Waals surface area contributed by atoms with E-state index < -0.39 is 6.10 Å². The zero-order valence-electron chi connectivity index (χ0n) is 43.1. The fourth-order valence-electron chi connectivity index (χ4n) is 8.21. The maximum absolute atomic E-state index is 12.8. The van der Waals surface area contributed by atoms with Gasteiger partial charge in [-0.3, -0.25) is 9.59 Å². The van der Waals surface area contributed by atoms with Crippen LogP contribution in [0.2, 0.25) is 0 Å². The first kappa shape index (κ1) is 61.9. The summed E-state index contributed by atoms with van der Waals surface area (Å²) >= 11 is 0. The van der Waals surface area contributed by atoms with Gasteiger partial charge in [-0.1, -0.05) is 268 Å². The van der Waals surface area contributed by atoms with Crippen LogP contribution in [-0.4, -0.2) is 37.9 Å². The summed E-state index contributed by atoms with van der Waals surface area (Å²) in [7, 11) is 0. The second kappa shape index (κ2) is 55.2. The molecule has 0 N–H and O–H groups in total. The summed E-state index contributed by atoms with van der Waals surface area (Å²) < 4.78 is 17.5. The largest absolute Gasteiger partial charge is 0.462 e. The normalized spacial score (nSPS) is 12.5. The molecule has 0 amide bonds. The highest BCUT2D eigenvalue weighted by Gasteiger charge is 2.17. The predicted octanol–water partition coefficient (Wildman–Crippen LogP) is 19.1. The molecular formula is C59H108O5. The standard InChI is InChI=1S/C59H108O5/c1-4-7-10-13-16-19-22-25-28-30-32-34-37-40-43-46-49-52-58(60)63-56-57(55-62-54-51-48-45-42-39-36-33-29-26-23-20-17-14-11-8-5-2)64-59(61)53-50-47-44-41-38-35-31-27-24-21-18-15-12-9-6-3/h7,10,16,19,25,28,32,34,57H,4-6,8-9,11-15,17-18,20-24,26-27,29-31,33,35-56H2,1-3H3/b10-7-,19-16-,28-25-,34-32-/t57-/m1/s1. The van der Waals surface area contributed by atoms with Gasteiger partial charge in [-0.05, 0) is 57.8 Å². The molecule has 0 aliphatic carbocycles. The highest BCUT2D eigenvalue weighted by atomic mass is 16.6. The second-order valence-electron chi connectivity index (χ2n) is 18.8. The van der Waals surface area contributed by atoms with Gasteiger partial charge in [0.1, 0.15) is 6.61 Å². The molecule has 5 nitrogen and oxygen atoms in total. The molecule has 0 aliphatic rings. The van der Waals surface area contributed by atoms with Crippen molar-refractivity contribution in [3.8, 4) is 0 Å². The quantitative estimate of drug-likeness (QED) is 0.0346. The Morgan fingerprint density at radius 2 is 0.703 bits per heavy atom. The Hall–Kier alpha value is -2.14. The molecule has 0 aromatic heterocycles. The number of allylic oxidation sites excluding steroid dienone is 8. The number of carbonyl (C=O) groups is 2. The Labute approximate surface area is 399 Å². The lowest BCUT2D eigenvalue weighted by Gasteiger charge is -2.18. The number of hydrogen-bond donors (Lipinski definition) is 0. The molecule has 0 bridgehead atoms. The Bertz CT molecular complexity index is 1060. The molecule has 0 aromatic rings. The van der Waals surface area contributed by atoms with Crippen molar-refractivity contribution in [1.82, 2.24) is 0 Å². The lowest BCUT2D eigenvalue weighted by atomic mass is 10.0. The number of rotatable bonds is 52. The Morgan fingerprint density at radius 1 is 0.359 bits per heavy atom. The highest BCUT2D eigenvalue weighted by molar-refractivity contribution is 5.70. The van der Waals surface area contributed by atoms with Crippen LogP contribution in [0.5, 0.6) is 0 Å². The van der Waals surface area contributed by atoms with E-state index in [1.807, 2.05) is 0 Å². The molecular weight excluding hydrogens is 789 g/mol. The molecule has 0 unspecified atom stereocenters. The summed E-state index contributed by atoms with van der Waals surface area (Å²) in [5, 5.41) is 0. The van der Waals surface area contributed by atoms with E-state index in [1.165, 1.54) is 180 Å². The van der Waals surface area contributed by atoms with Crippen LogP contribution in [0.4, 0.5) is 0 Å². The van der Waals surface area contributed by atoms with E-state index in [4.69, 9.17) is 14.2 Å². The van der Waals surface area contributed by atoms with Gasteiger partial charge in [0.25, 0.3) is 0 Å². The number of esters is 2. The van der Waals surface area contributed by atoms with Crippen LogP contribution in [0.3, 0.4) is 0 Å². The van der Waals surface area contributed by atoms with Crippen LogP contribution in [0, 0.1) is 0 Å². The van der Waals surface area contributed by atoms with Crippen molar-refractivity contribution in [3.63, 3.8) is 0 Å². The molecule has 0 aromatic carbocycles. The molecule has 1 atom stereocenters. The van der Waals surface area contributed by atoms with Crippen molar-refractivity contribution in [3.05, 3.63) is 48.6 Å². The molecule has 0 rings (SSSR count). The van der Waals surface area contributed by atoms with Crippen LogP contribution < -0.4 is 0 Å². The first-order valence-corrected chi connectivity index (χ1v) is 28.2. The topological polar surface area (TPSA) is 61.8 Å². The minimum atomic E-state index is -0.542. The van der Waals surface area contributed by atoms with Crippen LogP contribution in [0.1, 0.15) is 290 Å². The lowest BCUT2D eigenvalue weighted by molar-refractivity contribution is -0.163. The SMILES string of the molecule is CC/C=C\C/C=C\C/C=C\C/C=C\CCCCCCC(=O)OC[C@@H](COCCCCCCCCCCCCCCCCCC)OC(=O)CCCCCCCCCCCCCCCCC. The van der Waals surface area contributed by atoms with Gasteiger partial charge in [0.15, 0.2) is 6.10 Å². The number of carbonyl (C=O) groups excluding carboxylic acids is 2. The Morgan fingerprint density at radius 3 is 1.12 bits per heavy atom. The van der Waals surface area contributed by atoms with Crippen molar-refractivity contribution in [2.45, 2.75) is 297 Å². The number of unbranched alkanes of at least 4 members (excludes halogenated alkanes) is 33. The van der Waals surface area contributed by atoms with Crippen molar-refractivity contribution in [1.29, 1.82) is 0 Å². The molecule has 0 spiro atoms. The van der Waals surface area contributed by atoms with Gasteiger partial charge >= 0.3 is 11.9 Å². The van der Waals surface area contributed by atoms with Crippen molar-refractivity contribution >= 4 is 11.9 Å². The summed E-state index contributed by atoms with van der Waals surface area (Å²) in [4.78, 5) is 25.5. The summed E-state index contributed by atoms with van der Waals surface area (Å²) in [5.74, 6) is -0.407. The number of hydrogen-bond acceptors (Lipinski definition) is 5. The van der Waals surface area contributed by atoms with Crippen LogP contribution in [0.15, 0.2) is 48.6 Å². The van der Waals surface area contributed by atoms with Gasteiger partial charge in [0, 0.05) is 19.4 Å². The van der Waals surface area contributed by atoms with Gasteiger partial charge in [-0.25, -0.2) is 0 Å². The van der Waals surface area contributed by atoms with Gasteiger partial charge in [-0.2, -0.15) is 0 Å². The molecule has 0 radical (unpaired) electrons. The second-order valence-corrected chi connectivity index (χ2v) is 18.8. The monoisotopic (exact) mass is 897 g/mol. The molecule has 0 heterocycles. The van der Waals surface area contributed by atoms with E-state index in [0.29, 0.717) is 19.4 Å². The molecule has 64 heavy (non-hydrogen) atoms. The summed E-state index contributed by atoms with van der Waals surface area (Å²) in [6.07, 6.45) is 68.4. The average molecular weight is 898 g/mol. The maximum atomic E-state index is 12.8. The van der Waals surface area contributed by atoms with Gasteiger partial charge in [0.05, 0.1) is 6.61 Å². The van der Waals surface area contributed by atoms with Crippen molar-refractivity contribution in [2.24, 2.45) is 0 Å². The molecule has 0 fully saturated rings. The molecule has 5 heteroatoms. The van der Waals surface area contributed by atoms with Crippen LogP contribution in [0.25, 0.3) is 0 Å². The smallest absolute Gasteiger partial charge is 0.306 e. The van der Waals surface area contributed by atoms with Gasteiger partial charge in [0.2, 0.25) is 0 Å². The lowest BCUT2D eigenvalue weighted by Crippen LogP contribution is -2.30. The van der Waals surface area contributed by atoms with Gasteiger partial charge < -0.3 is 14.2 Å². The molecule has 0 saturated heterocycles. The average Bonchev–Trinajstić information content (AvgIpc) is 3.30. The van der Waals surface area contributed by atoms with E-state index in [2.05, 4.69) is 69.4 Å². The Balaban J connectivity index is 4.27.